The lowest BCUT2D eigenvalue weighted by atomic mass is 10.0. The van der Waals surface area contributed by atoms with E-state index in [1.165, 1.54) is 6.21 Å². The average Bonchev–Trinajstić information content (AvgIpc) is 3.27. The summed E-state index contributed by atoms with van der Waals surface area (Å²) in [7, 11) is 1.78. The van der Waals surface area contributed by atoms with Crippen LogP contribution < -0.4 is 4.74 Å². The van der Waals surface area contributed by atoms with E-state index in [9.17, 15) is 8.78 Å². The molecule has 0 fully saturated rings. The van der Waals surface area contributed by atoms with Gasteiger partial charge in [0.05, 0.1) is 30.7 Å². The molecule has 0 spiro atoms. The van der Waals surface area contributed by atoms with Crippen LogP contribution in [0.25, 0.3) is 11.1 Å². The van der Waals surface area contributed by atoms with Gasteiger partial charge < -0.3 is 14.7 Å². The molecule has 8 heteroatoms. The largest absolute Gasteiger partial charge is 0.439 e. The number of para-hydroxylation sites is 1. The minimum absolute atomic E-state index is 0.225. The van der Waals surface area contributed by atoms with Crippen LogP contribution in [0, 0.1) is 6.92 Å². The normalized spacial score (nSPS) is 12.3. The number of nitrogens with zero attached hydrogens (tertiary/aromatic N) is 3. The molecule has 1 heterocycles. The number of ether oxygens (including phenoxy) is 2. The fraction of sp³-hybridized carbons (Fsp3) is 0.235. The molecule has 3 aromatic carbocycles. The molecule has 0 bridgehead atoms. The topological polar surface area (TPSA) is 68.9 Å². The number of aryl methyl sites for hydroxylation is 2. The second kappa shape index (κ2) is 16.6. The van der Waals surface area contributed by atoms with Crippen LogP contribution in [0.4, 0.5) is 8.78 Å². The third kappa shape index (κ3) is 8.97. The number of oxime groups is 1. The van der Waals surface area contributed by atoms with Gasteiger partial charge in [-0.2, -0.15) is 5.10 Å². The van der Waals surface area contributed by atoms with Crippen LogP contribution in [-0.2, 0) is 11.8 Å². The van der Waals surface area contributed by atoms with Gasteiger partial charge in [-0.25, -0.2) is 13.5 Å². The smallest absolute Gasteiger partial charge is 0.226 e. The highest BCUT2D eigenvalue weighted by Crippen LogP contribution is 2.27. The zero-order valence-electron chi connectivity index (χ0n) is 24.4. The van der Waals surface area contributed by atoms with Crippen molar-refractivity contribution in [1.29, 1.82) is 0 Å². The minimum Gasteiger partial charge on any atom is -0.439 e. The van der Waals surface area contributed by atoms with Gasteiger partial charge in [-0.1, -0.05) is 97.9 Å². The first-order valence-electron chi connectivity index (χ1n) is 13.8. The van der Waals surface area contributed by atoms with E-state index in [1.807, 2.05) is 112 Å². The summed E-state index contributed by atoms with van der Waals surface area (Å²) in [5.74, 6) is 0.563. The monoisotopic (exact) mass is 573 g/mol. The standard InChI is InChI=1S/C22H24F2O.C12H13N3O2/c1-3-19(17-11-7-5-8-12-17)21(23)15-25-16-22(24)20(4-2)18-13-9-6-10-14-18;1-9-11(8-13-16)12(15(2)14-9)17-10-6-4-3-5-7-10/h5-14H,3-4,15-16H2,1-2H3;3-8,16H,1-2H3/b21-19+,22-20+;13-8-. The first-order valence-corrected chi connectivity index (χ1v) is 13.8. The molecule has 42 heavy (non-hydrogen) atoms. The first kappa shape index (κ1) is 32.0. The van der Waals surface area contributed by atoms with Crippen molar-refractivity contribution in [1.82, 2.24) is 9.78 Å². The maximum atomic E-state index is 14.4. The molecule has 0 atom stereocenters. The van der Waals surface area contributed by atoms with E-state index >= 15 is 0 Å². The van der Waals surface area contributed by atoms with Crippen molar-refractivity contribution >= 4 is 17.4 Å². The van der Waals surface area contributed by atoms with Crippen molar-refractivity contribution < 1.29 is 23.5 Å². The van der Waals surface area contributed by atoms with E-state index in [4.69, 9.17) is 14.7 Å². The van der Waals surface area contributed by atoms with Crippen molar-refractivity contribution in [3.05, 3.63) is 125 Å². The number of allylic oxidation sites excluding steroid dienone is 2. The fourth-order valence-electron chi connectivity index (χ4n) is 4.37. The minimum atomic E-state index is -0.348. The third-order valence-electron chi connectivity index (χ3n) is 6.42. The van der Waals surface area contributed by atoms with Gasteiger partial charge in [0.2, 0.25) is 5.88 Å². The van der Waals surface area contributed by atoms with Crippen molar-refractivity contribution in [2.75, 3.05) is 13.2 Å². The molecule has 0 aliphatic rings. The molecule has 4 aromatic rings. The van der Waals surface area contributed by atoms with Crippen LogP contribution in [0.1, 0.15) is 49.1 Å². The Kier molecular flexibility index (Phi) is 12.7. The van der Waals surface area contributed by atoms with Gasteiger partial charge in [-0.05, 0) is 54.2 Å². The molecule has 220 valence electrons. The van der Waals surface area contributed by atoms with Crippen LogP contribution >= 0.6 is 0 Å². The van der Waals surface area contributed by atoms with Crippen LogP contribution in [0.15, 0.2) is 108 Å². The van der Waals surface area contributed by atoms with Crippen LogP contribution in [0.3, 0.4) is 0 Å². The van der Waals surface area contributed by atoms with Crippen LogP contribution in [0.2, 0.25) is 0 Å². The Morgan fingerprint density at radius 1 is 0.810 bits per heavy atom. The summed E-state index contributed by atoms with van der Waals surface area (Å²) < 4.78 is 41.5. The first-order chi connectivity index (χ1) is 20.4. The highest BCUT2D eigenvalue weighted by molar-refractivity contribution is 5.84. The van der Waals surface area contributed by atoms with Gasteiger partial charge in [0.15, 0.2) is 0 Å². The zero-order chi connectivity index (χ0) is 30.3. The molecule has 1 N–H and O–H groups in total. The van der Waals surface area contributed by atoms with Gasteiger partial charge in [-0.15, -0.1) is 0 Å². The molecule has 0 saturated heterocycles. The van der Waals surface area contributed by atoms with E-state index in [0.717, 1.165) is 16.8 Å². The zero-order valence-corrected chi connectivity index (χ0v) is 24.4. The van der Waals surface area contributed by atoms with E-state index in [-0.39, 0.29) is 24.9 Å². The number of halogens is 2. The number of rotatable bonds is 11. The molecule has 1 aromatic heterocycles. The van der Waals surface area contributed by atoms with Crippen LogP contribution in [0.5, 0.6) is 11.6 Å². The number of aromatic nitrogens is 2. The maximum Gasteiger partial charge on any atom is 0.226 e. The Balaban J connectivity index is 0.000000247. The predicted molar refractivity (Wildman–Crippen MR) is 164 cm³/mol. The maximum absolute atomic E-state index is 14.4. The van der Waals surface area contributed by atoms with Crippen molar-refractivity contribution in [3.63, 3.8) is 0 Å². The number of benzene rings is 3. The molecular formula is C34H37F2N3O3. The predicted octanol–water partition coefficient (Wildman–Crippen LogP) is 8.91. The molecular weight excluding hydrogens is 536 g/mol. The molecule has 0 unspecified atom stereocenters. The summed E-state index contributed by atoms with van der Waals surface area (Å²) in [6, 6.07) is 28.1. The molecule has 0 radical (unpaired) electrons. The molecule has 6 nitrogen and oxygen atoms in total. The SMILES string of the molecule is CC/C(=C(\F)COC/C(F)=C(/CC)c1ccccc1)c1ccccc1.Cc1nn(C)c(Oc2ccccc2)c1/C=N\O. The highest BCUT2D eigenvalue weighted by atomic mass is 19.1. The summed E-state index contributed by atoms with van der Waals surface area (Å²) in [6.07, 6.45) is 2.43. The summed E-state index contributed by atoms with van der Waals surface area (Å²) in [4.78, 5) is 0. The summed E-state index contributed by atoms with van der Waals surface area (Å²) >= 11 is 0. The Morgan fingerprint density at radius 3 is 1.69 bits per heavy atom. The van der Waals surface area contributed by atoms with Gasteiger partial charge in [-0.3, -0.25) is 0 Å². The van der Waals surface area contributed by atoms with Gasteiger partial charge >= 0.3 is 0 Å². The van der Waals surface area contributed by atoms with Crippen molar-refractivity contribution in [2.45, 2.75) is 33.6 Å². The lowest BCUT2D eigenvalue weighted by molar-refractivity contribution is 0.151. The average molecular weight is 574 g/mol. The van der Waals surface area contributed by atoms with E-state index < -0.39 is 0 Å². The lowest BCUT2D eigenvalue weighted by Gasteiger charge is -2.10. The Labute approximate surface area is 246 Å². The Morgan fingerprint density at radius 2 is 1.26 bits per heavy atom. The van der Waals surface area contributed by atoms with Crippen molar-refractivity contribution in [2.24, 2.45) is 12.2 Å². The Hall–Kier alpha value is -4.56. The highest BCUT2D eigenvalue weighted by Gasteiger charge is 2.14. The van der Waals surface area contributed by atoms with Crippen molar-refractivity contribution in [3.8, 4) is 11.6 Å². The number of hydrogen-bond donors (Lipinski definition) is 1. The van der Waals surface area contributed by atoms with E-state index in [0.29, 0.717) is 41.2 Å². The summed E-state index contributed by atoms with van der Waals surface area (Å²) in [5, 5.41) is 15.9. The van der Waals surface area contributed by atoms with Gasteiger partial charge in [0, 0.05) is 7.05 Å². The fourth-order valence-corrected chi connectivity index (χ4v) is 4.37. The van der Waals surface area contributed by atoms with Gasteiger partial charge in [0.1, 0.15) is 17.4 Å². The quantitative estimate of drug-likeness (QED) is 0.111. The van der Waals surface area contributed by atoms with E-state index in [1.54, 1.807) is 11.7 Å². The second-order valence-corrected chi connectivity index (χ2v) is 9.29. The van der Waals surface area contributed by atoms with Crippen LogP contribution in [-0.4, -0.2) is 34.4 Å². The molecule has 4 rings (SSSR count). The molecule has 0 saturated carbocycles. The lowest BCUT2D eigenvalue weighted by Crippen LogP contribution is -2.02. The van der Waals surface area contributed by atoms with E-state index in [2.05, 4.69) is 10.3 Å². The third-order valence-corrected chi connectivity index (χ3v) is 6.42. The summed E-state index contributed by atoms with van der Waals surface area (Å²) in [6.45, 7) is 5.17. The Bertz CT molecular complexity index is 1420. The number of hydrogen-bond acceptors (Lipinski definition) is 5. The second-order valence-electron chi connectivity index (χ2n) is 9.29. The molecule has 0 amide bonds. The summed E-state index contributed by atoms with van der Waals surface area (Å²) in [5.41, 5.74) is 4.28. The molecule has 0 aliphatic carbocycles. The molecule has 0 aliphatic heterocycles. The van der Waals surface area contributed by atoms with Gasteiger partial charge in [0.25, 0.3) is 0 Å².